The van der Waals surface area contributed by atoms with E-state index in [0.717, 1.165) is 19.3 Å². The number of nitrogens with two attached hydrogens (primary N) is 1. The van der Waals surface area contributed by atoms with Gasteiger partial charge in [-0.05, 0) is 18.9 Å². The van der Waals surface area contributed by atoms with Crippen LogP contribution < -0.4 is 5.73 Å². The molecule has 0 aliphatic carbocycles. The average molecular weight is 247 g/mol. The molecule has 3 nitrogen and oxygen atoms in total. The van der Waals surface area contributed by atoms with Gasteiger partial charge >= 0.3 is 0 Å². The number of rotatable bonds is 6. The lowest BCUT2D eigenvalue weighted by atomic mass is 10.0. The molecule has 0 aliphatic heterocycles. The summed E-state index contributed by atoms with van der Waals surface area (Å²) in [6, 6.07) is 0.333. The van der Waals surface area contributed by atoms with Gasteiger partial charge in [0.1, 0.15) is 5.78 Å². The van der Waals surface area contributed by atoms with Crippen molar-refractivity contribution in [1.82, 2.24) is 0 Å². The minimum Gasteiger partial charge on any atom is -0.396 e. The Hall–Kier alpha value is -0.410. The van der Waals surface area contributed by atoms with Crippen molar-refractivity contribution in [3.63, 3.8) is 0 Å². The summed E-state index contributed by atoms with van der Waals surface area (Å²) in [6.07, 6.45) is 3.40. The fourth-order valence-corrected chi connectivity index (χ4v) is 0.876. The Kier molecular flexibility index (Phi) is 23.1. The molecule has 0 aliphatic rings. The molecule has 0 bridgehead atoms. The van der Waals surface area contributed by atoms with Crippen LogP contribution in [-0.4, -0.2) is 23.5 Å². The molecule has 0 saturated carbocycles. The molecule has 0 spiro atoms. The molecule has 106 valence electrons. The van der Waals surface area contributed by atoms with Crippen LogP contribution in [0.5, 0.6) is 0 Å². The van der Waals surface area contributed by atoms with Gasteiger partial charge in [-0.2, -0.15) is 0 Å². The molecule has 0 fully saturated rings. The minimum atomic E-state index is 0.170. The van der Waals surface area contributed by atoms with E-state index < -0.39 is 0 Å². The SMILES string of the molecule is CC.CC(C)C(=O)CCCCCO.CC(C)N. The number of hydrogen-bond donors (Lipinski definition) is 2. The summed E-state index contributed by atoms with van der Waals surface area (Å²) < 4.78 is 0. The van der Waals surface area contributed by atoms with Crippen LogP contribution in [0.25, 0.3) is 0 Å². The zero-order chi connectivity index (χ0) is 14.3. The molecule has 0 radical (unpaired) electrons. The van der Waals surface area contributed by atoms with Crippen LogP contribution in [0.3, 0.4) is 0 Å². The number of carbonyl (C=O) groups excluding carboxylic acids is 1. The summed E-state index contributed by atoms with van der Waals surface area (Å²) >= 11 is 0. The molecular weight excluding hydrogens is 214 g/mol. The predicted molar refractivity (Wildman–Crippen MR) is 76.1 cm³/mol. The molecule has 0 amide bonds. The fourth-order valence-electron chi connectivity index (χ4n) is 0.876. The van der Waals surface area contributed by atoms with Gasteiger partial charge in [0.25, 0.3) is 0 Å². The maximum atomic E-state index is 11.0. The molecule has 0 atom stereocenters. The van der Waals surface area contributed by atoms with Gasteiger partial charge in [-0.15, -0.1) is 0 Å². The van der Waals surface area contributed by atoms with Gasteiger partial charge in [0.05, 0.1) is 0 Å². The van der Waals surface area contributed by atoms with Crippen molar-refractivity contribution in [1.29, 1.82) is 0 Å². The fraction of sp³-hybridized carbons (Fsp3) is 0.929. The third-order valence-corrected chi connectivity index (χ3v) is 1.73. The Morgan fingerprint density at radius 3 is 1.76 bits per heavy atom. The second kappa shape index (κ2) is 18.0. The lowest BCUT2D eigenvalue weighted by molar-refractivity contribution is -0.122. The summed E-state index contributed by atoms with van der Waals surface area (Å²) in [7, 11) is 0. The second-order valence-electron chi connectivity index (χ2n) is 4.40. The number of hydrogen-bond acceptors (Lipinski definition) is 3. The van der Waals surface area contributed by atoms with E-state index in [-0.39, 0.29) is 12.5 Å². The highest BCUT2D eigenvalue weighted by molar-refractivity contribution is 5.80. The standard InChI is InChI=1S/C9H18O2.C3H9N.C2H6/c1-8(2)9(11)6-4-3-5-7-10;1-3(2)4;1-2/h8,10H,3-7H2,1-2H3;3H,4H2,1-2H3;1-2H3. The summed E-state index contributed by atoms with van der Waals surface area (Å²) in [4.78, 5) is 11.0. The van der Waals surface area contributed by atoms with Crippen LogP contribution in [0.15, 0.2) is 0 Å². The van der Waals surface area contributed by atoms with Crippen LogP contribution in [0, 0.1) is 5.92 Å². The van der Waals surface area contributed by atoms with E-state index in [1.54, 1.807) is 0 Å². The van der Waals surface area contributed by atoms with E-state index >= 15 is 0 Å². The lowest BCUT2D eigenvalue weighted by Gasteiger charge is -2.02. The first-order valence-corrected chi connectivity index (χ1v) is 6.81. The molecule has 0 unspecified atom stereocenters. The van der Waals surface area contributed by atoms with Crippen LogP contribution >= 0.6 is 0 Å². The Morgan fingerprint density at radius 1 is 1.06 bits per heavy atom. The monoisotopic (exact) mass is 247 g/mol. The maximum absolute atomic E-state index is 11.0. The summed E-state index contributed by atoms with van der Waals surface area (Å²) in [5, 5.41) is 8.46. The van der Waals surface area contributed by atoms with Crippen LogP contribution in [0.4, 0.5) is 0 Å². The van der Waals surface area contributed by atoms with E-state index in [1.807, 2.05) is 41.5 Å². The zero-order valence-electron chi connectivity index (χ0n) is 12.6. The van der Waals surface area contributed by atoms with Crippen LogP contribution in [-0.2, 0) is 4.79 Å². The van der Waals surface area contributed by atoms with Crippen molar-refractivity contribution in [2.45, 2.75) is 73.3 Å². The van der Waals surface area contributed by atoms with Crippen LogP contribution in [0.1, 0.15) is 67.2 Å². The Morgan fingerprint density at radius 2 is 1.47 bits per heavy atom. The van der Waals surface area contributed by atoms with Crippen molar-refractivity contribution in [3.05, 3.63) is 0 Å². The maximum Gasteiger partial charge on any atom is 0.135 e. The smallest absolute Gasteiger partial charge is 0.135 e. The second-order valence-corrected chi connectivity index (χ2v) is 4.40. The van der Waals surface area contributed by atoms with Gasteiger partial charge < -0.3 is 10.8 Å². The van der Waals surface area contributed by atoms with E-state index in [1.165, 1.54) is 0 Å². The summed E-state index contributed by atoms with van der Waals surface area (Å²) in [5.74, 6) is 0.507. The first-order chi connectivity index (χ1) is 7.91. The molecule has 3 heteroatoms. The predicted octanol–water partition coefficient (Wildman–Crippen LogP) is 3.14. The molecule has 0 aromatic heterocycles. The first kappa shape index (κ1) is 21.8. The normalized spacial score (nSPS) is 9.29. The van der Waals surface area contributed by atoms with E-state index in [0.29, 0.717) is 18.2 Å². The van der Waals surface area contributed by atoms with Gasteiger partial charge in [0.2, 0.25) is 0 Å². The van der Waals surface area contributed by atoms with E-state index in [4.69, 9.17) is 10.8 Å². The lowest BCUT2D eigenvalue weighted by Crippen LogP contribution is -2.06. The van der Waals surface area contributed by atoms with E-state index in [2.05, 4.69) is 0 Å². The molecule has 0 aromatic carbocycles. The quantitative estimate of drug-likeness (QED) is 0.709. The van der Waals surface area contributed by atoms with Gasteiger partial charge in [-0.1, -0.05) is 48.0 Å². The van der Waals surface area contributed by atoms with Gasteiger partial charge in [-0.25, -0.2) is 0 Å². The number of aliphatic hydroxyl groups excluding tert-OH is 1. The third-order valence-electron chi connectivity index (χ3n) is 1.73. The highest BCUT2D eigenvalue weighted by atomic mass is 16.2. The molecule has 0 heterocycles. The van der Waals surface area contributed by atoms with Crippen LogP contribution in [0.2, 0.25) is 0 Å². The third kappa shape index (κ3) is 31.3. The van der Waals surface area contributed by atoms with Crippen molar-refractivity contribution in [2.75, 3.05) is 6.61 Å². The van der Waals surface area contributed by atoms with Crippen molar-refractivity contribution < 1.29 is 9.90 Å². The molecule has 0 rings (SSSR count). The molecular formula is C14H33NO2. The summed E-state index contributed by atoms with van der Waals surface area (Å²) in [5.41, 5.74) is 5.11. The average Bonchev–Trinajstić information content (AvgIpc) is 2.26. The number of ketones is 1. The number of carbonyl (C=O) groups is 1. The zero-order valence-corrected chi connectivity index (χ0v) is 12.6. The Labute approximate surface area is 108 Å². The number of unbranched alkanes of at least 4 members (excludes halogenated alkanes) is 2. The number of aliphatic hydroxyl groups is 1. The van der Waals surface area contributed by atoms with Gasteiger partial charge in [0.15, 0.2) is 0 Å². The van der Waals surface area contributed by atoms with Gasteiger partial charge in [-0.3, -0.25) is 4.79 Å². The minimum absolute atomic E-state index is 0.170. The Balaban J connectivity index is -0.000000275. The van der Waals surface area contributed by atoms with Crippen molar-refractivity contribution in [3.8, 4) is 0 Å². The highest BCUT2D eigenvalue weighted by Gasteiger charge is 2.05. The Bertz CT molecular complexity index is 142. The van der Waals surface area contributed by atoms with Gasteiger partial charge in [0, 0.05) is 18.9 Å². The van der Waals surface area contributed by atoms with E-state index in [9.17, 15) is 4.79 Å². The number of Topliss-reactive ketones (excluding diaryl/α,β-unsaturated/α-hetero) is 1. The molecule has 3 N–H and O–H groups in total. The van der Waals surface area contributed by atoms with Crippen molar-refractivity contribution in [2.24, 2.45) is 11.7 Å². The summed E-state index contributed by atoms with van der Waals surface area (Å²) in [6.45, 7) is 12.0. The largest absolute Gasteiger partial charge is 0.396 e. The topological polar surface area (TPSA) is 63.3 Å². The first-order valence-electron chi connectivity index (χ1n) is 6.81. The highest BCUT2D eigenvalue weighted by Crippen LogP contribution is 2.05. The molecule has 0 saturated heterocycles. The molecule has 17 heavy (non-hydrogen) atoms. The molecule has 0 aromatic rings. The van der Waals surface area contributed by atoms with Crippen molar-refractivity contribution >= 4 is 5.78 Å².